The highest BCUT2D eigenvalue weighted by Gasteiger charge is 2.00. The van der Waals surface area contributed by atoms with Gasteiger partial charge in [-0.15, -0.1) is 0 Å². The zero-order valence-electron chi connectivity index (χ0n) is 12.5. The van der Waals surface area contributed by atoms with Crippen LogP contribution in [-0.4, -0.2) is 17.6 Å². The Hall–Kier alpha value is -2.82. The van der Waals surface area contributed by atoms with Gasteiger partial charge in [0.05, 0.1) is 0 Å². The van der Waals surface area contributed by atoms with Crippen LogP contribution >= 0.6 is 0 Å². The number of aromatic nitrogens is 1. The van der Waals surface area contributed by atoms with E-state index in [9.17, 15) is 4.79 Å². The van der Waals surface area contributed by atoms with Crippen molar-refractivity contribution in [1.29, 1.82) is 0 Å². The first-order chi connectivity index (χ1) is 10.6. The molecule has 1 amide bonds. The van der Waals surface area contributed by atoms with Crippen molar-refractivity contribution in [3.63, 3.8) is 0 Å². The van der Waals surface area contributed by atoms with Gasteiger partial charge in [-0.2, -0.15) is 0 Å². The van der Waals surface area contributed by atoms with E-state index < -0.39 is 6.09 Å². The molecule has 114 valence electrons. The van der Waals surface area contributed by atoms with Crippen molar-refractivity contribution in [1.82, 2.24) is 10.3 Å². The standard InChI is InChI=1S/C17H19N3O2/c1-13-15(9-10-16(18)20-13)8-5-11-19-17(21)22-12-14-6-3-2-4-7-14/h2-10H,11-12H2,1H3,(H2,18,20)(H,19,21). The third kappa shape index (κ3) is 4.94. The molecule has 1 heterocycles. The lowest BCUT2D eigenvalue weighted by Gasteiger charge is -2.05. The molecule has 0 spiro atoms. The van der Waals surface area contributed by atoms with Crippen LogP contribution in [0.15, 0.2) is 48.5 Å². The molecular formula is C17H19N3O2. The molecule has 3 N–H and O–H groups in total. The summed E-state index contributed by atoms with van der Waals surface area (Å²) in [7, 11) is 0. The quantitative estimate of drug-likeness (QED) is 0.889. The summed E-state index contributed by atoms with van der Waals surface area (Å²) in [5, 5.41) is 2.66. The summed E-state index contributed by atoms with van der Waals surface area (Å²) in [5.74, 6) is 0.497. The highest BCUT2D eigenvalue weighted by atomic mass is 16.5. The van der Waals surface area contributed by atoms with E-state index in [1.807, 2.05) is 55.5 Å². The monoisotopic (exact) mass is 297 g/mol. The Morgan fingerprint density at radius 1 is 1.27 bits per heavy atom. The second kappa shape index (κ2) is 7.83. The number of alkyl carbamates (subject to hydrolysis) is 1. The van der Waals surface area contributed by atoms with Crippen molar-refractivity contribution in [2.45, 2.75) is 13.5 Å². The first-order valence-corrected chi connectivity index (χ1v) is 6.99. The van der Waals surface area contributed by atoms with Crippen LogP contribution in [0.5, 0.6) is 0 Å². The van der Waals surface area contributed by atoms with Crippen LogP contribution in [0.1, 0.15) is 16.8 Å². The fourth-order valence-corrected chi connectivity index (χ4v) is 1.87. The van der Waals surface area contributed by atoms with Crippen LogP contribution in [0, 0.1) is 6.92 Å². The molecule has 0 unspecified atom stereocenters. The number of rotatable bonds is 5. The Morgan fingerprint density at radius 3 is 2.77 bits per heavy atom. The number of benzene rings is 1. The summed E-state index contributed by atoms with van der Waals surface area (Å²) in [6.07, 6.45) is 3.28. The largest absolute Gasteiger partial charge is 0.445 e. The highest BCUT2D eigenvalue weighted by molar-refractivity contribution is 5.67. The molecule has 1 aromatic heterocycles. The van der Waals surface area contributed by atoms with Gasteiger partial charge >= 0.3 is 6.09 Å². The number of ether oxygens (including phenoxy) is 1. The molecule has 0 saturated carbocycles. The first kappa shape index (κ1) is 15.6. The van der Waals surface area contributed by atoms with Gasteiger partial charge < -0.3 is 15.8 Å². The number of anilines is 1. The smallest absolute Gasteiger partial charge is 0.407 e. The van der Waals surface area contributed by atoms with E-state index in [0.717, 1.165) is 16.8 Å². The fraction of sp³-hybridized carbons (Fsp3) is 0.176. The third-order valence-electron chi connectivity index (χ3n) is 3.02. The van der Waals surface area contributed by atoms with E-state index in [2.05, 4.69) is 10.3 Å². The van der Waals surface area contributed by atoms with E-state index in [-0.39, 0.29) is 6.61 Å². The van der Waals surface area contributed by atoms with Crippen LogP contribution < -0.4 is 11.1 Å². The molecule has 5 heteroatoms. The molecular weight excluding hydrogens is 278 g/mol. The molecule has 2 aromatic rings. The Bertz CT molecular complexity index is 654. The van der Waals surface area contributed by atoms with E-state index >= 15 is 0 Å². The van der Waals surface area contributed by atoms with Gasteiger partial charge in [0.2, 0.25) is 0 Å². The minimum atomic E-state index is -0.444. The number of pyridine rings is 1. The second-order valence-electron chi connectivity index (χ2n) is 4.76. The SMILES string of the molecule is Cc1nc(N)ccc1C=CCNC(=O)OCc1ccccc1. The Kier molecular flexibility index (Phi) is 5.54. The predicted molar refractivity (Wildman–Crippen MR) is 87.1 cm³/mol. The van der Waals surface area contributed by atoms with Gasteiger partial charge in [-0.05, 0) is 30.2 Å². The van der Waals surface area contributed by atoms with Gasteiger partial charge in [0.1, 0.15) is 12.4 Å². The maximum atomic E-state index is 11.5. The number of hydrogen-bond donors (Lipinski definition) is 2. The molecule has 0 atom stereocenters. The minimum absolute atomic E-state index is 0.261. The topological polar surface area (TPSA) is 77.2 Å². The average Bonchev–Trinajstić information content (AvgIpc) is 2.52. The molecule has 2 rings (SSSR count). The molecule has 22 heavy (non-hydrogen) atoms. The number of amides is 1. The molecule has 0 aliphatic rings. The molecule has 0 aliphatic heterocycles. The normalized spacial score (nSPS) is 10.6. The van der Waals surface area contributed by atoms with Crippen molar-refractivity contribution in [3.8, 4) is 0 Å². The highest BCUT2D eigenvalue weighted by Crippen LogP contribution is 2.09. The maximum Gasteiger partial charge on any atom is 0.407 e. The van der Waals surface area contributed by atoms with E-state index in [1.165, 1.54) is 0 Å². The summed E-state index contributed by atoms with van der Waals surface area (Å²) in [6.45, 7) is 2.53. The van der Waals surface area contributed by atoms with Gasteiger partial charge in [0, 0.05) is 12.2 Å². The van der Waals surface area contributed by atoms with E-state index in [1.54, 1.807) is 6.07 Å². The summed E-state index contributed by atoms with van der Waals surface area (Å²) >= 11 is 0. The number of nitrogens with zero attached hydrogens (tertiary/aromatic N) is 1. The molecule has 0 aliphatic carbocycles. The van der Waals surface area contributed by atoms with Gasteiger partial charge in [-0.3, -0.25) is 0 Å². The molecule has 5 nitrogen and oxygen atoms in total. The predicted octanol–water partition coefficient (Wildman–Crippen LogP) is 2.91. The van der Waals surface area contributed by atoms with Crippen LogP contribution in [-0.2, 0) is 11.3 Å². The van der Waals surface area contributed by atoms with Crippen LogP contribution in [0.4, 0.5) is 10.6 Å². The number of carbonyl (C=O) groups excluding carboxylic acids is 1. The number of nitrogen functional groups attached to an aromatic ring is 1. The maximum absolute atomic E-state index is 11.5. The summed E-state index contributed by atoms with van der Waals surface area (Å²) in [6, 6.07) is 13.2. The molecule has 0 radical (unpaired) electrons. The first-order valence-electron chi connectivity index (χ1n) is 6.99. The van der Waals surface area contributed by atoms with Gasteiger partial charge in [0.25, 0.3) is 0 Å². The van der Waals surface area contributed by atoms with Crippen molar-refractivity contribution in [2.75, 3.05) is 12.3 Å². The molecule has 0 saturated heterocycles. The van der Waals surface area contributed by atoms with Crippen LogP contribution in [0.25, 0.3) is 6.08 Å². The van der Waals surface area contributed by atoms with Crippen molar-refractivity contribution < 1.29 is 9.53 Å². The summed E-state index contributed by atoms with van der Waals surface area (Å²) in [4.78, 5) is 15.7. The average molecular weight is 297 g/mol. The Labute approximate surface area is 129 Å². The van der Waals surface area contributed by atoms with E-state index in [4.69, 9.17) is 10.5 Å². The van der Waals surface area contributed by atoms with E-state index in [0.29, 0.717) is 12.4 Å². The minimum Gasteiger partial charge on any atom is -0.445 e. The fourth-order valence-electron chi connectivity index (χ4n) is 1.87. The van der Waals surface area contributed by atoms with Crippen LogP contribution in [0.2, 0.25) is 0 Å². The number of hydrogen-bond acceptors (Lipinski definition) is 4. The number of nitrogens with two attached hydrogens (primary N) is 1. The lowest BCUT2D eigenvalue weighted by atomic mass is 10.2. The summed E-state index contributed by atoms with van der Waals surface area (Å²) in [5.41, 5.74) is 8.37. The van der Waals surface area contributed by atoms with Gasteiger partial charge in [0.15, 0.2) is 0 Å². The second-order valence-corrected chi connectivity index (χ2v) is 4.76. The van der Waals surface area contributed by atoms with Crippen LogP contribution in [0.3, 0.4) is 0 Å². The van der Waals surface area contributed by atoms with Crippen molar-refractivity contribution in [2.24, 2.45) is 0 Å². The van der Waals surface area contributed by atoms with Gasteiger partial charge in [-0.25, -0.2) is 9.78 Å². The Morgan fingerprint density at radius 2 is 2.05 bits per heavy atom. The number of nitrogens with one attached hydrogen (secondary N) is 1. The molecule has 0 fully saturated rings. The molecule has 0 bridgehead atoms. The molecule has 1 aromatic carbocycles. The van der Waals surface area contributed by atoms with Crippen molar-refractivity contribution in [3.05, 3.63) is 65.4 Å². The lowest BCUT2D eigenvalue weighted by Crippen LogP contribution is -2.24. The zero-order valence-corrected chi connectivity index (χ0v) is 12.5. The van der Waals surface area contributed by atoms with Gasteiger partial charge in [-0.1, -0.05) is 42.5 Å². The number of carbonyl (C=O) groups is 1. The number of aryl methyl sites for hydroxylation is 1. The zero-order chi connectivity index (χ0) is 15.8. The van der Waals surface area contributed by atoms with Crippen molar-refractivity contribution >= 4 is 18.0 Å². The third-order valence-corrected chi connectivity index (χ3v) is 3.02. The summed E-state index contributed by atoms with van der Waals surface area (Å²) < 4.78 is 5.11. The Balaban J connectivity index is 1.73. The lowest BCUT2D eigenvalue weighted by molar-refractivity contribution is 0.141.